The monoisotopic (exact) mass is 237 g/mol. The van der Waals surface area contributed by atoms with Crippen molar-refractivity contribution in [3.05, 3.63) is 18.2 Å². The second-order valence-corrected chi connectivity index (χ2v) is 5.06. The zero-order valence-electron chi connectivity index (χ0n) is 10.5. The second kappa shape index (κ2) is 4.45. The number of hydrogen-bond donors (Lipinski definition) is 1. The third-order valence-corrected chi connectivity index (χ3v) is 2.55. The largest absolute Gasteiger partial charge is 0.488 e. The van der Waals surface area contributed by atoms with E-state index in [9.17, 15) is 0 Å². The SMILES string of the molecule is CC(N)CC(C)(C)Oc1ccc2c(c1)OCO2. The summed E-state index contributed by atoms with van der Waals surface area (Å²) in [4.78, 5) is 0. The topological polar surface area (TPSA) is 53.7 Å². The standard InChI is InChI=1S/C13H19NO3/c1-9(14)7-13(2,3)17-10-4-5-11-12(6-10)16-8-15-11/h4-6,9H,7-8,14H2,1-3H3. The van der Waals surface area contributed by atoms with Crippen LogP contribution in [0.5, 0.6) is 17.2 Å². The van der Waals surface area contributed by atoms with Gasteiger partial charge in [0.1, 0.15) is 11.4 Å². The molecule has 0 aromatic heterocycles. The van der Waals surface area contributed by atoms with Crippen molar-refractivity contribution in [1.29, 1.82) is 0 Å². The zero-order valence-corrected chi connectivity index (χ0v) is 10.5. The maximum absolute atomic E-state index is 5.92. The van der Waals surface area contributed by atoms with Crippen LogP contribution in [0.1, 0.15) is 27.2 Å². The van der Waals surface area contributed by atoms with Gasteiger partial charge in [-0.25, -0.2) is 0 Å². The highest BCUT2D eigenvalue weighted by molar-refractivity contribution is 5.47. The van der Waals surface area contributed by atoms with Gasteiger partial charge in [0, 0.05) is 18.5 Å². The highest BCUT2D eigenvalue weighted by atomic mass is 16.7. The van der Waals surface area contributed by atoms with Gasteiger partial charge in [0.05, 0.1) is 0 Å². The molecule has 0 saturated carbocycles. The van der Waals surface area contributed by atoms with Crippen molar-refractivity contribution < 1.29 is 14.2 Å². The fourth-order valence-corrected chi connectivity index (χ4v) is 2.08. The van der Waals surface area contributed by atoms with Crippen LogP contribution in [-0.4, -0.2) is 18.4 Å². The Morgan fingerprint density at radius 2 is 2.06 bits per heavy atom. The molecule has 0 aliphatic carbocycles. The minimum absolute atomic E-state index is 0.110. The molecule has 2 N–H and O–H groups in total. The lowest BCUT2D eigenvalue weighted by Gasteiger charge is -2.28. The molecule has 0 saturated heterocycles. The van der Waals surface area contributed by atoms with E-state index in [-0.39, 0.29) is 18.4 Å². The summed E-state index contributed by atoms with van der Waals surface area (Å²) in [6, 6.07) is 5.71. The number of benzene rings is 1. The van der Waals surface area contributed by atoms with E-state index in [0.717, 1.165) is 23.7 Å². The molecule has 0 bridgehead atoms. The van der Waals surface area contributed by atoms with Gasteiger partial charge in [-0.3, -0.25) is 0 Å². The molecular formula is C13H19NO3. The maximum Gasteiger partial charge on any atom is 0.231 e. The van der Waals surface area contributed by atoms with Crippen molar-refractivity contribution in [2.24, 2.45) is 5.73 Å². The Kier molecular flexibility index (Phi) is 3.15. The predicted octanol–water partition coefficient (Wildman–Crippen LogP) is 2.31. The Morgan fingerprint density at radius 3 is 2.76 bits per heavy atom. The molecule has 1 aliphatic rings. The summed E-state index contributed by atoms with van der Waals surface area (Å²) < 4.78 is 16.5. The van der Waals surface area contributed by atoms with E-state index < -0.39 is 0 Å². The van der Waals surface area contributed by atoms with Gasteiger partial charge >= 0.3 is 0 Å². The van der Waals surface area contributed by atoms with Gasteiger partial charge in [-0.15, -0.1) is 0 Å². The van der Waals surface area contributed by atoms with Crippen LogP contribution < -0.4 is 19.9 Å². The van der Waals surface area contributed by atoms with Crippen molar-refractivity contribution in [2.75, 3.05) is 6.79 Å². The highest BCUT2D eigenvalue weighted by Gasteiger charge is 2.23. The van der Waals surface area contributed by atoms with E-state index in [1.165, 1.54) is 0 Å². The van der Waals surface area contributed by atoms with E-state index in [4.69, 9.17) is 19.9 Å². The van der Waals surface area contributed by atoms with Gasteiger partial charge in [-0.1, -0.05) is 0 Å². The molecule has 17 heavy (non-hydrogen) atoms. The Labute approximate surface area is 102 Å². The highest BCUT2D eigenvalue weighted by Crippen LogP contribution is 2.36. The van der Waals surface area contributed by atoms with Crippen LogP contribution in [0.15, 0.2) is 18.2 Å². The smallest absolute Gasteiger partial charge is 0.231 e. The molecule has 1 heterocycles. The summed E-state index contributed by atoms with van der Waals surface area (Å²) in [6.07, 6.45) is 0.793. The molecule has 0 fully saturated rings. The summed E-state index contributed by atoms with van der Waals surface area (Å²) in [7, 11) is 0. The first-order valence-electron chi connectivity index (χ1n) is 5.80. The molecule has 4 nitrogen and oxygen atoms in total. The summed E-state index contributed by atoms with van der Waals surface area (Å²) >= 11 is 0. The first kappa shape index (κ1) is 12.0. The molecule has 94 valence electrons. The quantitative estimate of drug-likeness (QED) is 0.873. The van der Waals surface area contributed by atoms with Gasteiger partial charge in [0.2, 0.25) is 6.79 Å². The van der Waals surface area contributed by atoms with Crippen molar-refractivity contribution >= 4 is 0 Å². The van der Waals surface area contributed by atoms with E-state index in [1.54, 1.807) is 0 Å². The van der Waals surface area contributed by atoms with Crippen LogP contribution in [-0.2, 0) is 0 Å². The molecule has 1 atom stereocenters. The Hall–Kier alpha value is -1.42. The first-order chi connectivity index (χ1) is 7.96. The normalized spacial score (nSPS) is 15.8. The number of hydrogen-bond acceptors (Lipinski definition) is 4. The average molecular weight is 237 g/mol. The molecule has 1 unspecified atom stereocenters. The number of ether oxygens (including phenoxy) is 3. The Morgan fingerprint density at radius 1 is 1.35 bits per heavy atom. The Bertz CT molecular complexity index is 402. The van der Waals surface area contributed by atoms with Crippen LogP contribution in [0.25, 0.3) is 0 Å². The molecule has 1 aromatic carbocycles. The minimum atomic E-state index is -0.290. The summed E-state index contributed by atoms with van der Waals surface area (Å²) in [6.45, 7) is 6.31. The fourth-order valence-electron chi connectivity index (χ4n) is 2.08. The molecule has 1 aromatic rings. The minimum Gasteiger partial charge on any atom is -0.488 e. The van der Waals surface area contributed by atoms with Gasteiger partial charge in [0.25, 0.3) is 0 Å². The van der Waals surface area contributed by atoms with Crippen molar-refractivity contribution in [3.8, 4) is 17.2 Å². The lowest BCUT2D eigenvalue weighted by Crippen LogP contribution is -2.35. The second-order valence-electron chi connectivity index (χ2n) is 5.06. The van der Waals surface area contributed by atoms with Crippen LogP contribution in [0.3, 0.4) is 0 Å². The van der Waals surface area contributed by atoms with E-state index >= 15 is 0 Å². The predicted molar refractivity (Wildman–Crippen MR) is 65.5 cm³/mol. The third kappa shape index (κ3) is 3.03. The number of rotatable bonds is 4. The molecule has 1 aliphatic heterocycles. The van der Waals surface area contributed by atoms with E-state index in [0.29, 0.717) is 0 Å². The molecule has 0 amide bonds. The molecule has 4 heteroatoms. The van der Waals surface area contributed by atoms with Gasteiger partial charge < -0.3 is 19.9 Å². The summed E-state index contributed by atoms with van der Waals surface area (Å²) in [5.74, 6) is 2.28. The number of fused-ring (bicyclic) bond motifs is 1. The lowest BCUT2D eigenvalue weighted by molar-refractivity contribution is 0.0930. The number of nitrogens with two attached hydrogens (primary N) is 1. The third-order valence-electron chi connectivity index (χ3n) is 2.55. The van der Waals surface area contributed by atoms with Crippen molar-refractivity contribution in [3.63, 3.8) is 0 Å². The molecule has 0 spiro atoms. The van der Waals surface area contributed by atoms with Gasteiger partial charge in [0.15, 0.2) is 11.5 Å². The fraction of sp³-hybridized carbons (Fsp3) is 0.538. The average Bonchev–Trinajstić information content (AvgIpc) is 2.61. The molecule has 0 radical (unpaired) electrons. The molecule has 2 rings (SSSR count). The van der Waals surface area contributed by atoms with Crippen molar-refractivity contribution in [1.82, 2.24) is 0 Å². The van der Waals surface area contributed by atoms with Crippen LogP contribution in [0.4, 0.5) is 0 Å². The van der Waals surface area contributed by atoms with Gasteiger partial charge in [-0.05, 0) is 32.9 Å². The summed E-state index contributed by atoms with van der Waals surface area (Å²) in [5, 5.41) is 0. The van der Waals surface area contributed by atoms with Crippen LogP contribution >= 0.6 is 0 Å². The van der Waals surface area contributed by atoms with E-state index in [2.05, 4.69) is 0 Å². The van der Waals surface area contributed by atoms with E-state index in [1.807, 2.05) is 39.0 Å². The van der Waals surface area contributed by atoms with Crippen LogP contribution in [0.2, 0.25) is 0 Å². The lowest BCUT2D eigenvalue weighted by atomic mass is 10.0. The Balaban J connectivity index is 2.08. The van der Waals surface area contributed by atoms with Crippen molar-refractivity contribution in [2.45, 2.75) is 38.8 Å². The zero-order chi connectivity index (χ0) is 12.5. The first-order valence-corrected chi connectivity index (χ1v) is 5.80. The molecular weight excluding hydrogens is 218 g/mol. The maximum atomic E-state index is 5.92. The van der Waals surface area contributed by atoms with Crippen LogP contribution in [0, 0.1) is 0 Å². The summed E-state index contributed by atoms with van der Waals surface area (Å²) in [5.41, 5.74) is 5.51. The van der Waals surface area contributed by atoms with Gasteiger partial charge in [-0.2, -0.15) is 0 Å².